The molecule has 0 aromatic rings. The zero-order valence-electron chi connectivity index (χ0n) is 12.7. The lowest BCUT2D eigenvalue weighted by atomic mass is 9.78. The summed E-state index contributed by atoms with van der Waals surface area (Å²) in [5.41, 5.74) is 0. The van der Waals surface area contributed by atoms with Gasteiger partial charge in [-0.25, -0.2) is 0 Å². The van der Waals surface area contributed by atoms with Crippen molar-refractivity contribution in [3.8, 4) is 0 Å². The van der Waals surface area contributed by atoms with Crippen LogP contribution in [0.5, 0.6) is 0 Å². The monoisotopic (exact) mass is 313 g/mol. The van der Waals surface area contributed by atoms with Crippen LogP contribution in [0.1, 0.15) is 12.8 Å². The van der Waals surface area contributed by atoms with Gasteiger partial charge in [-0.05, 0) is 12.8 Å². The highest BCUT2D eigenvalue weighted by molar-refractivity contribution is 6.03. The number of esters is 3. The number of rotatable bonds is 4. The summed E-state index contributed by atoms with van der Waals surface area (Å²) >= 11 is 0. The summed E-state index contributed by atoms with van der Waals surface area (Å²) in [5.74, 6) is -6.11. The molecule has 1 amide bonds. The van der Waals surface area contributed by atoms with Gasteiger partial charge in [0, 0.05) is 18.5 Å². The summed E-state index contributed by atoms with van der Waals surface area (Å²) in [6.07, 6.45) is 1.38. The molecule has 8 nitrogen and oxygen atoms in total. The molecular weight excluding hydrogens is 294 g/mol. The fourth-order valence-corrected chi connectivity index (χ4v) is 3.50. The van der Waals surface area contributed by atoms with Crippen molar-refractivity contribution in [1.29, 1.82) is 0 Å². The summed E-state index contributed by atoms with van der Waals surface area (Å²) in [6, 6.07) is -0.361. The predicted molar refractivity (Wildman–Crippen MR) is 71.3 cm³/mol. The van der Waals surface area contributed by atoms with Gasteiger partial charge in [0.1, 0.15) is 5.92 Å². The Morgan fingerprint density at radius 1 is 1.09 bits per heavy atom. The van der Waals surface area contributed by atoms with Crippen LogP contribution in [-0.4, -0.2) is 62.6 Å². The highest BCUT2D eigenvalue weighted by Gasteiger charge is 2.59. The Morgan fingerprint density at radius 2 is 1.68 bits per heavy atom. The Bertz CT molecular complexity index is 487. The van der Waals surface area contributed by atoms with Gasteiger partial charge in [-0.15, -0.1) is 0 Å². The van der Waals surface area contributed by atoms with E-state index in [0.717, 1.165) is 20.6 Å². The van der Waals surface area contributed by atoms with Crippen LogP contribution in [0, 0.1) is 17.8 Å². The van der Waals surface area contributed by atoms with Crippen molar-refractivity contribution in [2.75, 3.05) is 27.9 Å². The summed E-state index contributed by atoms with van der Waals surface area (Å²) in [4.78, 5) is 50.1. The van der Waals surface area contributed by atoms with Crippen molar-refractivity contribution in [3.05, 3.63) is 0 Å². The van der Waals surface area contributed by atoms with Crippen molar-refractivity contribution in [1.82, 2.24) is 4.90 Å². The minimum Gasteiger partial charge on any atom is -0.468 e. The van der Waals surface area contributed by atoms with Crippen molar-refractivity contribution < 1.29 is 33.4 Å². The molecule has 0 radical (unpaired) electrons. The van der Waals surface area contributed by atoms with Gasteiger partial charge >= 0.3 is 17.9 Å². The molecule has 0 aromatic heterocycles. The number of carbonyl (C=O) groups excluding carboxylic acids is 4. The van der Waals surface area contributed by atoms with E-state index in [1.165, 1.54) is 7.11 Å². The van der Waals surface area contributed by atoms with Gasteiger partial charge in [0.2, 0.25) is 5.91 Å². The normalized spacial score (nSPS) is 26.8. The Kier molecular flexibility index (Phi) is 4.68. The molecule has 0 spiro atoms. The Labute approximate surface area is 127 Å². The Morgan fingerprint density at radius 3 is 2.18 bits per heavy atom. The Balaban J connectivity index is 2.45. The highest BCUT2D eigenvalue weighted by Crippen LogP contribution is 2.43. The lowest BCUT2D eigenvalue weighted by Gasteiger charge is -2.26. The average molecular weight is 313 g/mol. The van der Waals surface area contributed by atoms with Crippen LogP contribution >= 0.6 is 0 Å². The molecule has 2 aliphatic rings. The van der Waals surface area contributed by atoms with Gasteiger partial charge in [-0.3, -0.25) is 19.2 Å². The minimum atomic E-state index is -1.32. The van der Waals surface area contributed by atoms with Crippen molar-refractivity contribution in [2.45, 2.75) is 18.9 Å². The Hall–Kier alpha value is -2.12. The lowest BCUT2D eigenvalue weighted by Crippen LogP contribution is -2.43. The van der Waals surface area contributed by atoms with E-state index in [9.17, 15) is 19.2 Å². The number of hydrogen-bond acceptors (Lipinski definition) is 7. The van der Waals surface area contributed by atoms with Gasteiger partial charge in [0.25, 0.3) is 0 Å². The van der Waals surface area contributed by atoms with Crippen LogP contribution in [0.25, 0.3) is 0 Å². The van der Waals surface area contributed by atoms with E-state index >= 15 is 0 Å². The molecule has 0 aliphatic carbocycles. The van der Waals surface area contributed by atoms with E-state index in [1.807, 2.05) is 0 Å². The third-order valence-electron chi connectivity index (χ3n) is 4.43. The van der Waals surface area contributed by atoms with E-state index < -0.39 is 41.6 Å². The van der Waals surface area contributed by atoms with E-state index in [0.29, 0.717) is 13.0 Å². The standard InChI is InChI=1S/C14H19NO7/c1-20-12(17)9-8(7-5-4-6-15(7)11(9)16)10(13(18)21-2)14(19)22-3/h7-10H,4-6H2,1-3H3/t7-,8+,9-/m0/s1. The molecule has 3 atom stereocenters. The van der Waals surface area contributed by atoms with Crippen LogP contribution < -0.4 is 0 Å². The second-order valence-corrected chi connectivity index (χ2v) is 5.34. The third-order valence-corrected chi connectivity index (χ3v) is 4.43. The van der Waals surface area contributed by atoms with Crippen molar-refractivity contribution >= 4 is 23.8 Å². The second kappa shape index (κ2) is 6.33. The van der Waals surface area contributed by atoms with Crippen LogP contribution in [0.15, 0.2) is 0 Å². The summed E-state index contributed by atoms with van der Waals surface area (Å²) in [6.45, 7) is 0.503. The minimum absolute atomic E-state index is 0.361. The molecule has 2 saturated heterocycles. The molecule has 0 saturated carbocycles. The SMILES string of the molecule is COC(=O)C(C(=O)OC)[C@H]1[C@H](C(=O)OC)C(=O)N2CCC[C@@H]12. The van der Waals surface area contributed by atoms with E-state index in [4.69, 9.17) is 0 Å². The molecule has 0 N–H and O–H groups in total. The van der Waals surface area contributed by atoms with Gasteiger partial charge in [-0.1, -0.05) is 0 Å². The molecule has 2 fully saturated rings. The molecule has 0 aromatic carbocycles. The number of fused-ring (bicyclic) bond motifs is 1. The van der Waals surface area contributed by atoms with Gasteiger partial charge in [-0.2, -0.15) is 0 Å². The number of carbonyl (C=O) groups is 4. The quantitative estimate of drug-likeness (QED) is 0.386. The predicted octanol–water partition coefficient (Wildman–Crippen LogP) is -0.641. The maximum Gasteiger partial charge on any atom is 0.320 e. The molecule has 0 bridgehead atoms. The van der Waals surface area contributed by atoms with E-state index in [-0.39, 0.29) is 6.04 Å². The molecule has 0 unspecified atom stereocenters. The third kappa shape index (κ3) is 2.42. The zero-order chi connectivity index (χ0) is 16.4. The zero-order valence-corrected chi connectivity index (χ0v) is 12.7. The van der Waals surface area contributed by atoms with Crippen LogP contribution in [0.2, 0.25) is 0 Å². The molecular formula is C14H19NO7. The molecule has 22 heavy (non-hydrogen) atoms. The lowest BCUT2D eigenvalue weighted by molar-refractivity contribution is -0.164. The van der Waals surface area contributed by atoms with Gasteiger partial charge in [0.05, 0.1) is 21.3 Å². The number of ether oxygens (including phenoxy) is 3. The maximum absolute atomic E-state index is 12.4. The topological polar surface area (TPSA) is 99.2 Å². The van der Waals surface area contributed by atoms with Crippen molar-refractivity contribution in [2.24, 2.45) is 17.8 Å². The fraction of sp³-hybridized carbons (Fsp3) is 0.714. The largest absolute Gasteiger partial charge is 0.468 e. The van der Waals surface area contributed by atoms with Crippen LogP contribution in [0.3, 0.4) is 0 Å². The maximum atomic E-state index is 12.4. The first kappa shape index (κ1) is 16.3. The molecule has 2 heterocycles. The number of methoxy groups -OCH3 is 3. The summed E-state index contributed by atoms with van der Waals surface area (Å²) in [5, 5.41) is 0. The van der Waals surface area contributed by atoms with E-state index in [1.54, 1.807) is 4.90 Å². The first-order chi connectivity index (χ1) is 10.5. The second-order valence-electron chi connectivity index (χ2n) is 5.34. The number of nitrogens with zero attached hydrogens (tertiary/aromatic N) is 1. The molecule has 122 valence electrons. The number of amides is 1. The van der Waals surface area contributed by atoms with Crippen LogP contribution in [-0.2, 0) is 33.4 Å². The van der Waals surface area contributed by atoms with Crippen LogP contribution in [0.4, 0.5) is 0 Å². The molecule has 2 aliphatic heterocycles. The summed E-state index contributed by atoms with van der Waals surface area (Å²) in [7, 11) is 3.46. The van der Waals surface area contributed by atoms with Gasteiger partial charge in [0.15, 0.2) is 5.92 Å². The number of hydrogen-bond donors (Lipinski definition) is 0. The van der Waals surface area contributed by atoms with Crippen molar-refractivity contribution in [3.63, 3.8) is 0 Å². The molecule has 8 heteroatoms. The summed E-state index contributed by atoms with van der Waals surface area (Å²) < 4.78 is 14.0. The average Bonchev–Trinajstić information content (AvgIpc) is 3.10. The smallest absolute Gasteiger partial charge is 0.320 e. The first-order valence-corrected chi connectivity index (χ1v) is 7.01. The first-order valence-electron chi connectivity index (χ1n) is 7.01. The molecule has 2 rings (SSSR count). The highest BCUT2D eigenvalue weighted by atomic mass is 16.5. The van der Waals surface area contributed by atoms with E-state index in [2.05, 4.69) is 14.2 Å². The fourth-order valence-electron chi connectivity index (χ4n) is 3.50. The van der Waals surface area contributed by atoms with Gasteiger partial charge < -0.3 is 19.1 Å².